The van der Waals surface area contributed by atoms with E-state index in [1.54, 1.807) is 0 Å². The second-order valence-electron chi connectivity index (χ2n) is 4.31. The van der Waals surface area contributed by atoms with Crippen LogP contribution in [-0.4, -0.2) is 12.6 Å². The molecule has 1 unspecified atom stereocenters. The average Bonchev–Trinajstić information content (AvgIpc) is 2.47. The molecule has 0 spiro atoms. The lowest BCUT2D eigenvalue weighted by Crippen LogP contribution is -2.11. The molecule has 1 radical (unpaired) electrons. The monoisotopic (exact) mass is 253 g/mol. The van der Waals surface area contributed by atoms with Crippen LogP contribution in [0.1, 0.15) is 30.4 Å². The third-order valence-corrected chi connectivity index (χ3v) is 3.02. The molecule has 0 saturated carbocycles. The maximum atomic E-state index is 11.8. The summed E-state index contributed by atoms with van der Waals surface area (Å²) < 4.78 is 5.07. The van der Waals surface area contributed by atoms with E-state index in [2.05, 4.69) is 6.07 Å². The molecule has 0 N–H and O–H groups in total. The lowest BCUT2D eigenvalue weighted by molar-refractivity contribution is -0.143. The van der Waals surface area contributed by atoms with Crippen LogP contribution in [0.25, 0.3) is 0 Å². The van der Waals surface area contributed by atoms with Gasteiger partial charge in [-0.2, -0.15) is 0 Å². The van der Waals surface area contributed by atoms with E-state index in [0.29, 0.717) is 13.0 Å². The van der Waals surface area contributed by atoms with Gasteiger partial charge in [0.15, 0.2) is 0 Å². The normalized spacial score (nSPS) is 10.4. The largest absolute Gasteiger partial charge is 0.466 e. The third-order valence-electron chi connectivity index (χ3n) is 3.02. The zero-order chi connectivity index (χ0) is 13.5. The molecule has 2 nitrogen and oxygen atoms in total. The molecule has 0 bridgehead atoms. The molecule has 97 valence electrons. The maximum Gasteiger partial charge on any atom is 0.306 e. The van der Waals surface area contributed by atoms with Gasteiger partial charge in [0.05, 0.1) is 13.0 Å². The topological polar surface area (TPSA) is 26.3 Å². The fraction of sp³-hybridized carbons (Fsp3) is 0.235. The summed E-state index contributed by atoms with van der Waals surface area (Å²) in [5.74, 6) is -0.126. The molecule has 0 aliphatic carbocycles. The van der Waals surface area contributed by atoms with E-state index in [1.807, 2.05) is 61.5 Å². The van der Waals surface area contributed by atoms with Gasteiger partial charge in [-0.3, -0.25) is 4.79 Å². The predicted octanol–water partition coefficient (Wildman–Crippen LogP) is 3.57. The molecule has 0 aliphatic heterocycles. The van der Waals surface area contributed by atoms with Crippen LogP contribution >= 0.6 is 0 Å². The number of carbonyl (C=O) groups is 1. The van der Waals surface area contributed by atoms with Gasteiger partial charge in [-0.15, -0.1) is 0 Å². The Labute approximate surface area is 114 Å². The summed E-state index contributed by atoms with van der Waals surface area (Å²) >= 11 is 0. The van der Waals surface area contributed by atoms with Crippen LogP contribution in [0.4, 0.5) is 0 Å². The minimum Gasteiger partial charge on any atom is -0.466 e. The van der Waals surface area contributed by atoms with Crippen LogP contribution in [0.3, 0.4) is 0 Å². The zero-order valence-corrected chi connectivity index (χ0v) is 11.0. The van der Waals surface area contributed by atoms with Crippen molar-refractivity contribution in [1.82, 2.24) is 0 Å². The minimum atomic E-state index is -0.163. The van der Waals surface area contributed by atoms with Gasteiger partial charge < -0.3 is 4.74 Å². The molecule has 0 amide bonds. The standard InChI is InChI=1S/C17H17O2/c1-2-19-17(18)13-16(14-9-5-3-6-10-14)15-11-7-4-8-12-15/h3,5-12,16H,2,13H2,1H3. The van der Waals surface area contributed by atoms with Crippen LogP contribution in [0, 0.1) is 6.07 Å². The van der Waals surface area contributed by atoms with Crippen LogP contribution < -0.4 is 0 Å². The Hall–Kier alpha value is -2.09. The first kappa shape index (κ1) is 13.3. The van der Waals surface area contributed by atoms with Crippen LogP contribution in [0.5, 0.6) is 0 Å². The first-order chi connectivity index (χ1) is 9.31. The molecule has 0 aromatic heterocycles. The highest BCUT2D eigenvalue weighted by Gasteiger charge is 2.18. The molecule has 0 fully saturated rings. The summed E-state index contributed by atoms with van der Waals surface area (Å²) in [7, 11) is 0. The van der Waals surface area contributed by atoms with Crippen molar-refractivity contribution < 1.29 is 9.53 Å². The van der Waals surface area contributed by atoms with E-state index in [0.717, 1.165) is 11.1 Å². The smallest absolute Gasteiger partial charge is 0.306 e. The molecular weight excluding hydrogens is 236 g/mol. The second kappa shape index (κ2) is 6.74. The molecule has 0 saturated heterocycles. The number of hydrogen-bond acceptors (Lipinski definition) is 2. The number of esters is 1. The molecule has 0 aliphatic rings. The molecule has 2 aromatic rings. The summed E-state index contributed by atoms with van der Waals surface area (Å²) in [6.07, 6.45) is 0.363. The van der Waals surface area contributed by atoms with Crippen molar-refractivity contribution in [1.29, 1.82) is 0 Å². The van der Waals surface area contributed by atoms with Crippen molar-refractivity contribution in [2.45, 2.75) is 19.3 Å². The molecule has 2 aromatic carbocycles. The minimum absolute atomic E-state index is 0.0369. The summed E-state index contributed by atoms with van der Waals surface area (Å²) in [5, 5.41) is 0. The van der Waals surface area contributed by atoms with E-state index in [-0.39, 0.29) is 11.9 Å². The Morgan fingerprint density at radius 1 is 1.11 bits per heavy atom. The highest BCUT2D eigenvalue weighted by Crippen LogP contribution is 2.28. The molecule has 2 heteroatoms. The van der Waals surface area contributed by atoms with Crippen molar-refractivity contribution in [3.05, 3.63) is 71.8 Å². The number of benzene rings is 2. The zero-order valence-electron chi connectivity index (χ0n) is 11.0. The first-order valence-electron chi connectivity index (χ1n) is 6.48. The highest BCUT2D eigenvalue weighted by atomic mass is 16.5. The van der Waals surface area contributed by atoms with Gasteiger partial charge >= 0.3 is 5.97 Å². The summed E-state index contributed by atoms with van der Waals surface area (Å²) in [6, 6.07) is 20.8. The fourth-order valence-electron chi connectivity index (χ4n) is 2.13. The quantitative estimate of drug-likeness (QED) is 0.761. The Balaban J connectivity index is 2.26. The second-order valence-corrected chi connectivity index (χ2v) is 4.31. The van der Waals surface area contributed by atoms with Crippen molar-refractivity contribution in [3.8, 4) is 0 Å². The molecule has 1 atom stereocenters. The van der Waals surface area contributed by atoms with Gasteiger partial charge in [0.1, 0.15) is 0 Å². The summed E-state index contributed by atoms with van der Waals surface area (Å²) in [6.45, 7) is 2.25. The van der Waals surface area contributed by atoms with Crippen LogP contribution in [-0.2, 0) is 9.53 Å². The summed E-state index contributed by atoms with van der Waals surface area (Å²) in [5.41, 5.74) is 2.24. The van der Waals surface area contributed by atoms with Gasteiger partial charge in [-0.25, -0.2) is 0 Å². The van der Waals surface area contributed by atoms with Gasteiger partial charge in [-0.1, -0.05) is 54.6 Å². The van der Waals surface area contributed by atoms with Crippen LogP contribution in [0.15, 0.2) is 54.6 Å². The van der Waals surface area contributed by atoms with Gasteiger partial charge in [0, 0.05) is 5.92 Å². The Morgan fingerprint density at radius 3 is 2.37 bits per heavy atom. The van der Waals surface area contributed by atoms with Gasteiger partial charge in [0.2, 0.25) is 0 Å². The fourth-order valence-corrected chi connectivity index (χ4v) is 2.13. The highest BCUT2D eigenvalue weighted by molar-refractivity contribution is 5.71. The first-order valence-corrected chi connectivity index (χ1v) is 6.48. The third kappa shape index (κ3) is 3.68. The lowest BCUT2D eigenvalue weighted by Gasteiger charge is -2.17. The lowest BCUT2D eigenvalue weighted by atomic mass is 9.89. The molecule has 0 heterocycles. The van der Waals surface area contributed by atoms with Crippen molar-refractivity contribution in [2.75, 3.05) is 6.61 Å². The maximum absolute atomic E-state index is 11.8. The van der Waals surface area contributed by atoms with Crippen molar-refractivity contribution in [2.24, 2.45) is 0 Å². The average molecular weight is 253 g/mol. The molecule has 19 heavy (non-hydrogen) atoms. The Morgan fingerprint density at radius 2 is 1.74 bits per heavy atom. The number of ether oxygens (including phenoxy) is 1. The molecular formula is C17H17O2. The Kier molecular flexibility index (Phi) is 4.73. The number of hydrogen-bond donors (Lipinski definition) is 0. The van der Waals surface area contributed by atoms with E-state index >= 15 is 0 Å². The van der Waals surface area contributed by atoms with Gasteiger partial charge in [-0.05, 0) is 24.1 Å². The summed E-state index contributed by atoms with van der Waals surface area (Å²) in [4.78, 5) is 11.8. The van der Waals surface area contributed by atoms with Crippen molar-refractivity contribution >= 4 is 5.97 Å². The van der Waals surface area contributed by atoms with Gasteiger partial charge in [0.25, 0.3) is 0 Å². The van der Waals surface area contributed by atoms with E-state index < -0.39 is 0 Å². The SMILES string of the molecule is CCOC(=O)CC(c1cc[c]cc1)c1ccccc1. The van der Waals surface area contributed by atoms with Crippen molar-refractivity contribution in [3.63, 3.8) is 0 Å². The van der Waals surface area contributed by atoms with E-state index in [4.69, 9.17) is 4.74 Å². The number of carbonyl (C=O) groups excluding carboxylic acids is 1. The van der Waals surface area contributed by atoms with E-state index in [9.17, 15) is 4.79 Å². The Bertz CT molecular complexity index is 466. The predicted molar refractivity (Wildman–Crippen MR) is 74.8 cm³/mol. The number of rotatable bonds is 5. The molecule has 2 rings (SSSR count). The van der Waals surface area contributed by atoms with Crippen LogP contribution in [0.2, 0.25) is 0 Å². The van der Waals surface area contributed by atoms with E-state index in [1.165, 1.54) is 0 Å².